The monoisotopic (exact) mass is 444 g/mol. The lowest BCUT2D eigenvalue weighted by atomic mass is 10.1. The van der Waals surface area contributed by atoms with Gasteiger partial charge in [-0.2, -0.15) is 0 Å². The van der Waals surface area contributed by atoms with Crippen molar-refractivity contribution in [1.29, 1.82) is 0 Å². The molecule has 0 aromatic rings. The third-order valence-corrected chi connectivity index (χ3v) is 3.60. The van der Waals surface area contributed by atoms with Gasteiger partial charge in [-0.3, -0.25) is 0 Å². The van der Waals surface area contributed by atoms with Gasteiger partial charge in [0.15, 0.2) is 0 Å². The van der Waals surface area contributed by atoms with Gasteiger partial charge in [-0.15, -0.1) is 0 Å². The van der Waals surface area contributed by atoms with Crippen molar-refractivity contribution in [2.75, 3.05) is 6.61 Å². The molecule has 1 atom stereocenters. The van der Waals surface area contributed by atoms with Gasteiger partial charge in [0.1, 0.15) is 0 Å². The fourth-order valence-corrected chi connectivity index (χ4v) is 2.64. The normalized spacial score (nSPS) is 15.5. The Kier molecular flexibility index (Phi) is 8.72. The molecule has 0 saturated heterocycles. The summed E-state index contributed by atoms with van der Waals surface area (Å²) in [7, 11) is 0. The molecule has 0 heterocycles. The molecule has 0 saturated carbocycles. The third kappa shape index (κ3) is 8.79. The summed E-state index contributed by atoms with van der Waals surface area (Å²) in [6.45, 7) is 1.74. The second-order valence-electron chi connectivity index (χ2n) is 3.45. The van der Waals surface area contributed by atoms with E-state index >= 15 is 0 Å². The smallest absolute Gasteiger partial charge is 0.268 e. The zero-order chi connectivity index (χ0) is 11.9. The summed E-state index contributed by atoms with van der Waals surface area (Å²) in [5, 5.41) is 8.66. The summed E-state index contributed by atoms with van der Waals surface area (Å²) in [6.07, 6.45) is 3.58. The van der Waals surface area contributed by atoms with Gasteiger partial charge in [-0.1, -0.05) is 42.4 Å². The van der Waals surface area contributed by atoms with Crippen LogP contribution in [0.2, 0.25) is 0 Å². The molecule has 0 rings (SSSR count). The Hall–Kier alpha value is 1.02. The molecule has 15 heavy (non-hydrogen) atoms. The predicted octanol–water partition coefficient (Wildman–Crippen LogP) is 4.32. The minimum atomic E-state index is -2.79. The van der Waals surface area contributed by atoms with E-state index in [1.807, 2.05) is 0 Å². The molecule has 0 aliphatic heterocycles. The Morgan fingerprint density at radius 1 is 1.53 bits per heavy atom. The van der Waals surface area contributed by atoms with Crippen molar-refractivity contribution >= 4 is 45.2 Å². The van der Waals surface area contributed by atoms with E-state index in [0.29, 0.717) is 3.58 Å². The molecule has 0 bridgehead atoms. The standard InChI is InChI=1S/C10H16F2I2O/c1-2-3-4-8(13)5-10(11,12)6-9(14)7-15/h6,8,15H,2-5,7H2,1H3/b9-6+. The minimum Gasteiger partial charge on any atom is -0.391 e. The van der Waals surface area contributed by atoms with Crippen molar-refractivity contribution in [1.82, 2.24) is 0 Å². The third-order valence-electron chi connectivity index (χ3n) is 1.88. The Bertz CT molecular complexity index is 208. The molecular weight excluding hydrogens is 428 g/mol. The maximum atomic E-state index is 13.3. The van der Waals surface area contributed by atoms with E-state index in [9.17, 15) is 8.78 Å². The highest BCUT2D eigenvalue weighted by molar-refractivity contribution is 14.1. The summed E-state index contributed by atoms with van der Waals surface area (Å²) in [4.78, 5) is 0. The molecule has 0 amide bonds. The summed E-state index contributed by atoms with van der Waals surface area (Å²) in [5.74, 6) is -2.79. The van der Waals surface area contributed by atoms with Crippen LogP contribution in [0.3, 0.4) is 0 Å². The Balaban J connectivity index is 4.12. The SMILES string of the molecule is CCCCC(I)CC(F)(F)/C=C(/I)CO. The first-order valence-electron chi connectivity index (χ1n) is 4.91. The van der Waals surface area contributed by atoms with E-state index in [1.54, 1.807) is 22.6 Å². The van der Waals surface area contributed by atoms with E-state index in [2.05, 4.69) is 29.5 Å². The van der Waals surface area contributed by atoms with Crippen molar-refractivity contribution in [3.8, 4) is 0 Å². The van der Waals surface area contributed by atoms with Gasteiger partial charge in [0.05, 0.1) is 6.61 Å². The van der Waals surface area contributed by atoms with Gasteiger partial charge in [-0.05, 0) is 35.1 Å². The van der Waals surface area contributed by atoms with Crippen molar-refractivity contribution in [3.63, 3.8) is 0 Å². The topological polar surface area (TPSA) is 20.2 Å². The van der Waals surface area contributed by atoms with Crippen LogP contribution in [0.4, 0.5) is 8.78 Å². The summed E-state index contributed by atoms with van der Waals surface area (Å²) >= 11 is 3.81. The molecule has 0 aliphatic rings. The van der Waals surface area contributed by atoms with Crippen LogP contribution in [-0.4, -0.2) is 21.6 Å². The van der Waals surface area contributed by atoms with Crippen molar-refractivity contribution < 1.29 is 13.9 Å². The molecule has 1 nitrogen and oxygen atoms in total. The van der Waals surface area contributed by atoms with E-state index in [1.165, 1.54) is 0 Å². The van der Waals surface area contributed by atoms with Crippen LogP contribution in [0.1, 0.15) is 32.6 Å². The number of allylic oxidation sites excluding steroid dienone is 1. The van der Waals surface area contributed by atoms with Crippen LogP contribution in [0.15, 0.2) is 9.66 Å². The number of aliphatic hydroxyl groups excluding tert-OH is 1. The highest BCUT2D eigenvalue weighted by Crippen LogP contribution is 2.30. The maximum absolute atomic E-state index is 13.3. The highest BCUT2D eigenvalue weighted by Gasteiger charge is 2.29. The van der Waals surface area contributed by atoms with Crippen LogP contribution in [0.5, 0.6) is 0 Å². The summed E-state index contributed by atoms with van der Waals surface area (Å²) in [5.41, 5.74) is 0. The maximum Gasteiger partial charge on any atom is 0.268 e. The van der Waals surface area contributed by atoms with E-state index in [4.69, 9.17) is 5.11 Å². The number of rotatable bonds is 7. The predicted molar refractivity (Wildman–Crippen MR) is 76.1 cm³/mol. The number of hydrogen-bond donors (Lipinski definition) is 1. The summed E-state index contributed by atoms with van der Waals surface area (Å²) < 4.78 is 27.0. The molecule has 1 N–H and O–H groups in total. The molecule has 5 heteroatoms. The fourth-order valence-electron chi connectivity index (χ4n) is 1.16. The Morgan fingerprint density at radius 3 is 2.60 bits per heavy atom. The molecule has 0 aliphatic carbocycles. The quantitative estimate of drug-likeness (QED) is 0.459. The first-order valence-corrected chi connectivity index (χ1v) is 7.23. The molecular formula is C10H16F2I2O. The fraction of sp³-hybridized carbons (Fsp3) is 0.800. The second kappa shape index (κ2) is 8.16. The van der Waals surface area contributed by atoms with Gasteiger partial charge in [-0.25, -0.2) is 8.78 Å². The van der Waals surface area contributed by atoms with E-state index < -0.39 is 5.92 Å². The van der Waals surface area contributed by atoms with Gasteiger partial charge < -0.3 is 5.11 Å². The molecule has 0 spiro atoms. The zero-order valence-electron chi connectivity index (χ0n) is 8.65. The molecule has 0 radical (unpaired) electrons. The average molecular weight is 444 g/mol. The van der Waals surface area contributed by atoms with Crippen molar-refractivity contribution in [2.24, 2.45) is 0 Å². The Labute approximate surface area is 117 Å². The van der Waals surface area contributed by atoms with Gasteiger partial charge in [0, 0.05) is 13.9 Å². The first kappa shape index (κ1) is 16.0. The number of aliphatic hydroxyl groups is 1. The van der Waals surface area contributed by atoms with Crippen LogP contribution in [0.25, 0.3) is 0 Å². The van der Waals surface area contributed by atoms with Crippen LogP contribution >= 0.6 is 45.2 Å². The van der Waals surface area contributed by atoms with Gasteiger partial charge >= 0.3 is 0 Å². The Morgan fingerprint density at radius 2 is 2.13 bits per heavy atom. The van der Waals surface area contributed by atoms with E-state index in [-0.39, 0.29) is 17.0 Å². The van der Waals surface area contributed by atoms with Crippen LogP contribution in [-0.2, 0) is 0 Å². The molecule has 0 aromatic heterocycles. The second-order valence-corrected chi connectivity index (χ2v) is 6.60. The molecule has 90 valence electrons. The van der Waals surface area contributed by atoms with Crippen LogP contribution in [0, 0.1) is 0 Å². The average Bonchev–Trinajstić information content (AvgIpc) is 2.12. The largest absolute Gasteiger partial charge is 0.391 e. The molecule has 1 unspecified atom stereocenters. The number of alkyl halides is 3. The molecule has 0 fully saturated rings. The van der Waals surface area contributed by atoms with Gasteiger partial charge in [0.2, 0.25) is 0 Å². The lowest BCUT2D eigenvalue weighted by Crippen LogP contribution is -2.19. The summed E-state index contributed by atoms with van der Waals surface area (Å²) in [6, 6.07) is 0. The lowest BCUT2D eigenvalue weighted by Gasteiger charge is -2.16. The van der Waals surface area contributed by atoms with Crippen molar-refractivity contribution in [2.45, 2.75) is 42.5 Å². The highest BCUT2D eigenvalue weighted by atomic mass is 127. The van der Waals surface area contributed by atoms with Crippen LogP contribution < -0.4 is 0 Å². The minimum absolute atomic E-state index is 0.00306. The van der Waals surface area contributed by atoms with Crippen molar-refractivity contribution in [3.05, 3.63) is 9.66 Å². The first-order chi connectivity index (χ1) is 6.91. The number of halogens is 4. The molecule has 0 aromatic carbocycles. The number of hydrogen-bond acceptors (Lipinski definition) is 1. The van der Waals surface area contributed by atoms with Gasteiger partial charge in [0.25, 0.3) is 5.92 Å². The van der Waals surface area contributed by atoms with E-state index in [0.717, 1.165) is 25.3 Å². The lowest BCUT2D eigenvalue weighted by molar-refractivity contribution is 0.0450. The zero-order valence-corrected chi connectivity index (χ0v) is 13.0. The number of unbranched alkanes of at least 4 members (excludes halogenated alkanes) is 1.